The van der Waals surface area contributed by atoms with Gasteiger partial charge in [0.15, 0.2) is 0 Å². The van der Waals surface area contributed by atoms with Gasteiger partial charge in [-0.25, -0.2) is 4.79 Å². The molecule has 0 aliphatic heterocycles. The molecule has 17 heavy (non-hydrogen) atoms. The molecule has 0 radical (unpaired) electrons. The van der Waals surface area contributed by atoms with Gasteiger partial charge in [0.2, 0.25) is 0 Å². The number of carboxylic acids is 1. The second kappa shape index (κ2) is 5.34. The number of benzene rings is 1. The van der Waals surface area contributed by atoms with E-state index in [0.717, 1.165) is 24.1 Å². The second-order valence-electron chi connectivity index (χ2n) is 3.97. The zero-order chi connectivity index (χ0) is 12.1. The molecule has 88 valence electrons. The molecular weight excluding hydrogens is 214 g/mol. The molecule has 0 saturated heterocycles. The highest BCUT2D eigenvalue weighted by molar-refractivity contribution is 5.75. The van der Waals surface area contributed by atoms with Crippen LogP contribution in [0.15, 0.2) is 54.3 Å². The molecule has 0 aromatic heterocycles. The fourth-order valence-electron chi connectivity index (χ4n) is 1.84. The number of hydrogen-bond donors (Lipinski definition) is 2. The fourth-order valence-corrected chi connectivity index (χ4v) is 1.84. The van der Waals surface area contributed by atoms with Crippen LogP contribution in [-0.2, 0) is 4.79 Å². The second-order valence-corrected chi connectivity index (χ2v) is 3.97. The van der Waals surface area contributed by atoms with Gasteiger partial charge in [-0.1, -0.05) is 48.6 Å². The van der Waals surface area contributed by atoms with E-state index in [4.69, 9.17) is 0 Å². The van der Waals surface area contributed by atoms with E-state index < -0.39 is 12.0 Å². The lowest BCUT2D eigenvalue weighted by Gasteiger charge is -2.19. The highest BCUT2D eigenvalue weighted by Crippen LogP contribution is 2.17. The van der Waals surface area contributed by atoms with E-state index in [-0.39, 0.29) is 0 Å². The van der Waals surface area contributed by atoms with Crippen molar-refractivity contribution in [3.05, 3.63) is 59.8 Å². The molecule has 0 fully saturated rings. The van der Waals surface area contributed by atoms with Crippen molar-refractivity contribution in [3.8, 4) is 0 Å². The summed E-state index contributed by atoms with van der Waals surface area (Å²) in [5, 5.41) is 12.3. The Morgan fingerprint density at radius 3 is 2.59 bits per heavy atom. The average molecular weight is 229 g/mol. The minimum absolute atomic E-state index is 0.672. The Morgan fingerprint density at radius 2 is 2.00 bits per heavy atom. The molecule has 3 nitrogen and oxygen atoms in total. The first-order valence-corrected chi connectivity index (χ1v) is 5.65. The van der Waals surface area contributed by atoms with Crippen LogP contribution in [0.25, 0.3) is 0 Å². The van der Waals surface area contributed by atoms with Crippen LogP contribution in [-0.4, -0.2) is 11.1 Å². The van der Waals surface area contributed by atoms with Gasteiger partial charge in [0.1, 0.15) is 6.04 Å². The topological polar surface area (TPSA) is 49.3 Å². The van der Waals surface area contributed by atoms with Crippen molar-refractivity contribution in [2.75, 3.05) is 0 Å². The van der Waals surface area contributed by atoms with Gasteiger partial charge in [0, 0.05) is 12.1 Å². The Labute approximate surface area is 100 Å². The lowest BCUT2D eigenvalue weighted by molar-refractivity contribution is -0.139. The highest BCUT2D eigenvalue weighted by Gasteiger charge is 2.19. The van der Waals surface area contributed by atoms with Crippen LogP contribution < -0.4 is 5.32 Å². The normalized spacial score (nSPS) is 16.1. The number of hydrogen-bond acceptors (Lipinski definition) is 2. The first kappa shape index (κ1) is 11.5. The Morgan fingerprint density at radius 1 is 1.24 bits per heavy atom. The predicted molar refractivity (Wildman–Crippen MR) is 66.4 cm³/mol. The largest absolute Gasteiger partial charge is 0.479 e. The molecule has 1 aromatic carbocycles. The molecule has 2 N–H and O–H groups in total. The van der Waals surface area contributed by atoms with Gasteiger partial charge in [0.05, 0.1) is 0 Å². The molecule has 2 rings (SSSR count). The summed E-state index contributed by atoms with van der Waals surface area (Å²) < 4.78 is 0. The number of aliphatic carboxylic acids is 1. The molecular formula is C14H15NO2. The molecule has 0 heterocycles. The van der Waals surface area contributed by atoms with Crippen LogP contribution in [0, 0.1) is 0 Å². The van der Waals surface area contributed by atoms with Crippen LogP contribution in [0.4, 0.5) is 0 Å². The molecule has 0 saturated carbocycles. The van der Waals surface area contributed by atoms with E-state index in [1.807, 2.05) is 42.5 Å². The Hall–Kier alpha value is -2.03. The van der Waals surface area contributed by atoms with Crippen LogP contribution in [0.1, 0.15) is 24.4 Å². The van der Waals surface area contributed by atoms with Gasteiger partial charge in [-0.15, -0.1) is 0 Å². The third kappa shape index (κ3) is 2.97. The van der Waals surface area contributed by atoms with Gasteiger partial charge in [0.25, 0.3) is 0 Å². The Kier molecular flexibility index (Phi) is 3.60. The van der Waals surface area contributed by atoms with Gasteiger partial charge in [-0.05, 0) is 12.0 Å². The number of nitrogens with one attached hydrogen (secondary N) is 1. The molecule has 0 spiro atoms. The maximum atomic E-state index is 11.3. The molecule has 3 heteroatoms. The van der Waals surface area contributed by atoms with Crippen LogP contribution in [0.5, 0.6) is 0 Å². The maximum absolute atomic E-state index is 11.3. The van der Waals surface area contributed by atoms with E-state index in [0.29, 0.717) is 0 Å². The molecule has 0 unspecified atom stereocenters. The van der Waals surface area contributed by atoms with E-state index in [1.54, 1.807) is 0 Å². The third-order valence-corrected chi connectivity index (χ3v) is 2.71. The molecule has 0 bridgehead atoms. The SMILES string of the molecule is O=C(O)[C@H](NC1=CCC=CC1)c1ccccc1. The highest BCUT2D eigenvalue weighted by atomic mass is 16.4. The quantitative estimate of drug-likeness (QED) is 0.780. The average Bonchev–Trinajstić information content (AvgIpc) is 2.38. The van der Waals surface area contributed by atoms with E-state index >= 15 is 0 Å². The van der Waals surface area contributed by atoms with Crippen molar-refractivity contribution in [2.45, 2.75) is 18.9 Å². The lowest BCUT2D eigenvalue weighted by atomic mass is 10.1. The first-order valence-electron chi connectivity index (χ1n) is 5.65. The van der Waals surface area contributed by atoms with Gasteiger partial charge >= 0.3 is 5.97 Å². The smallest absolute Gasteiger partial charge is 0.330 e. The zero-order valence-electron chi connectivity index (χ0n) is 9.47. The van der Waals surface area contributed by atoms with E-state index in [2.05, 4.69) is 11.4 Å². The minimum Gasteiger partial charge on any atom is -0.479 e. The van der Waals surface area contributed by atoms with Crippen molar-refractivity contribution in [3.63, 3.8) is 0 Å². The van der Waals surface area contributed by atoms with Crippen molar-refractivity contribution in [1.29, 1.82) is 0 Å². The number of allylic oxidation sites excluding steroid dienone is 3. The summed E-state index contributed by atoms with van der Waals surface area (Å²) in [6, 6.07) is 8.56. The maximum Gasteiger partial charge on any atom is 0.330 e. The minimum atomic E-state index is -0.855. The number of carboxylic acid groups (broad SMARTS) is 1. The Bertz CT molecular complexity index is 449. The van der Waals surface area contributed by atoms with Crippen molar-refractivity contribution in [2.24, 2.45) is 0 Å². The predicted octanol–water partition coefficient (Wildman–Crippen LogP) is 2.64. The molecule has 1 aliphatic carbocycles. The molecule has 0 amide bonds. The van der Waals surface area contributed by atoms with Gasteiger partial charge < -0.3 is 10.4 Å². The Balaban J connectivity index is 2.13. The van der Waals surface area contributed by atoms with E-state index in [1.165, 1.54) is 0 Å². The standard InChI is InChI=1S/C14H15NO2/c16-14(17)13(11-7-3-1-4-8-11)15-12-9-5-2-6-10-12/h1-5,7-8,10,13,15H,6,9H2,(H,16,17)/t13-/m1/s1. The van der Waals surface area contributed by atoms with Crippen LogP contribution in [0.2, 0.25) is 0 Å². The summed E-state index contributed by atoms with van der Waals surface area (Å²) in [6.07, 6.45) is 7.79. The molecule has 1 atom stereocenters. The summed E-state index contributed by atoms with van der Waals surface area (Å²) in [6.45, 7) is 0. The first-order chi connectivity index (χ1) is 8.27. The van der Waals surface area contributed by atoms with E-state index in [9.17, 15) is 9.90 Å². The third-order valence-electron chi connectivity index (χ3n) is 2.71. The number of rotatable bonds is 4. The van der Waals surface area contributed by atoms with Crippen molar-refractivity contribution < 1.29 is 9.90 Å². The summed E-state index contributed by atoms with van der Waals surface area (Å²) in [7, 11) is 0. The van der Waals surface area contributed by atoms with Crippen molar-refractivity contribution >= 4 is 5.97 Å². The summed E-state index contributed by atoms with van der Waals surface area (Å²) >= 11 is 0. The van der Waals surface area contributed by atoms with Crippen LogP contribution in [0.3, 0.4) is 0 Å². The number of carbonyl (C=O) groups is 1. The summed E-state index contributed by atoms with van der Waals surface area (Å²) in [4.78, 5) is 11.3. The van der Waals surface area contributed by atoms with Crippen LogP contribution >= 0.6 is 0 Å². The molecule has 1 aliphatic rings. The molecule has 1 aromatic rings. The van der Waals surface area contributed by atoms with Gasteiger partial charge in [-0.3, -0.25) is 0 Å². The van der Waals surface area contributed by atoms with Crippen molar-refractivity contribution in [1.82, 2.24) is 5.32 Å². The zero-order valence-corrected chi connectivity index (χ0v) is 9.47. The summed E-state index contributed by atoms with van der Waals surface area (Å²) in [5.41, 5.74) is 1.75. The fraction of sp³-hybridized carbons (Fsp3) is 0.214. The summed E-state index contributed by atoms with van der Waals surface area (Å²) in [5.74, 6) is -0.855. The van der Waals surface area contributed by atoms with Gasteiger partial charge in [-0.2, -0.15) is 0 Å². The monoisotopic (exact) mass is 229 g/mol. The lowest BCUT2D eigenvalue weighted by Crippen LogP contribution is -2.28.